The molecule has 2 rings (SSSR count). The van der Waals surface area contributed by atoms with Crippen molar-refractivity contribution < 1.29 is 4.79 Å². The van der Waals surface area contributed by atoms with Crippen molar-refractivity contribution in [3.05, 3.63) is 35.9 Å². The van der Waals surface area contributed by atoms with Crippen LogP contribution in [-0.2, 0) is 4.79 Å². The summed E-state index contributed by atoms with van der Waals surface area (Å²) in [7, 11) is 0. The van der Waals surface area contributed by atoms with E-state index in [0.29, 0.717) is 5.92 Å². The van der Waals surface area contributed by atoms with Gasteiger partial charge in [0.1, 0.15) is 6.04 Å². The third-order valence-corrected chi connectivity index (χ3v) is 3.14. The number of rotatable bonds is 4. The van der Waals surface area contributed by atoms with Crippen molar-refractivity contribution in [1.29, 1.82) is 0 Å². The third kappa shape index (κ3) is 2.61. The quantitative estimate of drug-likeness (QED) is 0.806. The van der Waals surface area contributed by atoms with Crippen molar-refractivity contribution in [3.8, 4) is 0 Å². The van der Waals surface area contributed by atoms with Crippen LogP contribution in [0.5, 0.6) is 0 Å². The zero-order valence-electron chi connectivity index (χ0n) is 9.52. The molecule has 1 amide bonds. The molecule has 0 heterocycles. The Hall–Kier alpha value is -1.35. The fraction of sp³-hybridized carbons (Fsp3) is 0.462. The minimum Gasteiger partial charge on any atom is -0.352 e. The van der Waals surface area contributed by atoms with E-state index in [1.54, 1.807) is 0 Å². The predicted octanol–water partition coefficient (Wildman–Crippen LogP) is 1.60. The molecule has 3 heteroatoms. The summed E-state index contributed by atoms with van der Waals surface area (Å²) in [5.74, 6) is 0.581. The topological polar surface area (TPSA) is 55.1 Å². The first-order chi connectivity index (χ1) is 7.68. The van der Waals surface area contributed by atoms with Crippen LogP contribution >= 0.6 is 0 Å². The van der Waals surface area contributed by atoms with Crippen molar-refractivity contribution in [3.63, 3.8) is 0 Å². The lowest BCUT2D eigenvalue weighted by Gasteiger charge is -2.17. The van der Waals surface area contributed by atoms with Crippen LogP contribution in [0.1, 0.15) is 31.4 Å². The highest BCUT2D eigenvalue weighted by molar-refractivity contribution is 5.83. The normalized spacial score (nSPS) is 18.9. The fourth-order valence-corrected chi connectivity index (χ4v) is 1.84. The van der Waals surface area contributed by atoms with Crippen molar-refractivity contribution in [2.45, 2.75) is 31.8 Å². The Kier molecular flexibility index (Phi) is 3.25. The molecule has 1 saturated carbocycles. The molecule has 2 atom stereocenters. The molecule has 0 aromatic heterocycles. The lowest BCUT2D eigenvalue weighted by atomic mass is 10.1. The Morgan fingerprint density at radius 2 is 2.00 bits per heavy atom. The molecule has 0 spiro atoms. The molecule has 86 valence electrons. The number of carbonyl (C=O) groups excluding carboxylic acids is 1. The first kappa shape index (κ1) is 11.1. The van der Waals surface area contributed by atoms with E-state index in [2.05, 4.69) is 5.32 Å². The van der Waals surface area contributed by atoms with Gasteiger partial charge >= 0.3 is 0 Å². The number of amides is 1. The average molecular weight is 218 g/mol. The molecule has 0 saturated heterocycles. The molecule has 3 nitrogen and oxygen atoms in total. The van der Waals surface area contributed by atoms with Crippen LogP contribution in [0.4, 0.5) is 0 Å². The maximum absolute atomic E-state index is 11.9. The highest BCUT2D eigenvalue weighted by Crippen LogP contribution is 2.32. The Bertz CT molecular complexity index is 359. The van der Waals surface area contributed by atoms with Gasteiger partial charge in [-0.2, -0.15) is 0 Å². The highest BCUT2D eigenvalue weighted by Gasteiger charge is 2.30. The van der Waals surface area contributed by atoms with Crippen LogP contribution in [0.3, 0.4) is 0 Å². The van der Waals surface area contributed by atoms with Gasteiger partial charge in [-0.25, -0.2) is 0 Å². The van der Waals surface area contributed by atoms with Crippen molar-refractivity contribution in [2.75, 3.05) is 0 Å². The fourth-order valence-electron chi connectivity index (χ4n) is 1.84. The zero-order valence-corrected chi connectivity index (χ0v) is 9.52. The molecule has 3 N–H and O–H groups in total. The monoisotopic (exact) mass is 218 g/mol. The second-order valence-corrected chi connectivity index (χ2v) is 4.52. The van der Waals surface area contributed by atoms with E-state index in [4.69, 9.17) is 5.73 Å². The molecule has 0 bridgehead atoms. The molecule has 1 aliphatic rings. The van der Waals surface area contributed by atoms with E-state index in [1.807, 2.05) is 37.3 Å². The maximum Gasteiger partial charge on any atom is 0.241 e. The van der Waals surface area contributed by atoms with E-state index in [0.717, 1.165) is 5.56 Å². The number of benzene rings is 1. The van der Waals surface area contributed by atoms with Gasteiger partial charge in [-0.05, 0) is 31.2 Å². The van der Waals surface area contributed by atoms with Gasteiger partial charge in [0.25, 0.3) is 0 Å². The molecular weight excluding hydrogens is 200 g/mol. The molecule has 1 aromatic rings. The maximum atomic E-state index is 11.9. The SMILES string of the molecule is CC(NC(=O)[C@@H](N)c1ccccc1)C1CC1. The zero-order chi connectivity index (χ0) is 11.5. The van der Waals surface area contributed by atoms with Crippen LogP contribution < -0.4 is 11.1 Å². The second-order valence-electron chi connectivity index (χ2n) is 4.52. The van der Waals surface area contributed by atoms with E-state index in [-0.39, 0.29) is 11.9 Å². The van der Waals surface area contributed by atoms with Gasteiger partial charge in [0.15, 0.2) is 0 Å². The van der Waals surface area contributed by atoms with E-state index < -0.39 is 6.04 Å². The summed E-state index contributed by atoms with van der Waals surface area (Å²) < 4.78 is 0. The van der Waals surface area contributed by atoms with Gasteiger partial charge in [0, 0.05) is 6.04 Å². The average Bonchev–Trinajstić information content (AvgIpc) is 3.13. The second kappa shape index (κ2) is 4.66. The summed E-state index contributed by atoms with van der Waals surface area (Å²) in [6, 6.07) is 9.17. The first-order valence-electron chi connectivity index (χ1n) is 5.79. The molecule has 1 aliphatic carbocycles. The number of nitrogens with two attached hydrogens (primary N) is 1. The Morgan fingerprint density at radius 3 is 2.56 bits per heavy atom. The first-order valence-corrected chi connectivity index (χ1v) is 5.79. The van der Waals surface area contributed by atoms with Gasteiger partial charge in [-0.15, -0.1) is 0 Å². The van der Waals surface area contributed by atoms with Crippen LogP contribution in [0, 0.1) is 5.92 Å². The summed E-state index contributed by atoms with van der Waals surface area (Å²) in [5.41, 5.74) is 6.76. The predicted molar refractivity (Wildman–Crippen MR) is 63.7 cm³/mol. The van der Waals surface area contributed by atoms with Gasteiger partial charge < -0.3 is 11.1 Å². The number of nitrogens with one attached hydrogen (secondary N) is 1. The van der Waals surface area contributed by atoms with Gasteiger partial charge in [-0.3, -0.25) is 4.79 Å². The van der Waals surface area contributed by atoms with Gasteiger partial charge in [0.05, 0.1) is 0 Å². The standard InChI is InChI=1S/C13H18N2O/c1-9(10-7-8-10)15-13(16)12(14)11-5-3-2-4-6-11/h2-6,9-10,12H,7-8,14H2,1H3,(H,15,16)/t9?,12-/m0/s1. The van der Waals surface area contributed by atoms with E-state index in [9.17, 15) is 4.79 Å². The summed E-state index contributed by atoms with van der Waals surface area (Å²) in [4.78, 5) is 11.9. The summed E-state index contributed by atoms with van der Waals surface area (Å²) in [5, 5.41) is 2.98. The van der Waals surface area contributed by atoms with Crippen LogP contribution in [0.2, 0.25) is 0 Å². The van der Waals surface area contributed by atoms with Crippen molar-refractivity contribution in [2.24, 2.45) is 11.7 Å². The largest absolute Gasteiger partial charge is 0.352 e. The number of hydrogen-bond donors (Lipinski definition) is 2. The smallest absolute Gasteiger partial charge is 0.241 e. The van der Waals surface area contributed by atoms with E-state index in [1.165, 1.54) is 12.8 Å². The number of hydrogen-bond acceptors (Lipinski definition) is 2. The third-order valence-electron chi connectivity index (χ3n) is 3.14. The Balaban J connectivity index is 1.93. The lowest BCUT2D eigenvalue weighted by Crippen LogP contribution is -2.40. The van der Waals surface area contributed by atoms with Crippen molar-refractivity contribution >= 4 is 5.91 Å². The molecule has 1 fully saturated rings. The van der Waals surface area contributed by atoms with Crippen LogP contribution in [0.15, 0.2) is 30.3 Å². The van der Waals surface area contributed by atoms with Gasteiger partial charge in [-0.1, -0.05) is 30.3 Å². The molecule has 0 aliphatic heterocycles. The Labute approximate surface area is 96.0 Å². The molecule has 0 radical (unpaired) electrons. The summed E-state index contributed by atoms with van der Waals surface area (Å²) >= 11 is 0. The molecular formula is C13H18N2O. The minimum absolute atomic E-state index is 0.0781. The summed E-state index contributed by atoms with van der Waals surface area (Å²) in [6.07, 6.45) is 2.45. The van der Waals surface area contributed by atoms with E-state index >= 15 is 0 Å². The summed E-state index contributed by atoms with van der Waals surface area (Å²) in [6.45, 7) is 2.05. The molecule has 1 unspecified atom stereocenters. The number of carbonyl (C=O) groups is 1. The molecule has 16 heavy (non-hydrogen) atoms. The van der Waals surface area contributed by atoms with Crippen molar-refractivity contribution in [1.82, 2.24) is 5.32 Å². The van der Waals surface area contributed by atoms with Gasteiger partial charge in [0.2, 0.25) is 5.91 Å². The highest BCUT2D eigenvalue weighted by atomic mass is 16.2. The molecule has 1 aromatic carbocycles. The van der Waals surface area contributed by atoms with Crippen LogP contribution in [-0.4, -0.2) is 11.9 Å². The Morgan fingerprint density at radius 1 is 1.38 bits per heavy atom. The minimum atomic E-state index is -0.553. The lowest BCUT2D eigenvalue weighted by molar-refractivity contribution is -0.123. The van der Waals surface area contributed by atoms with Crippen LogP contribution in [0.25, 0.3) is 0 Å².